The predicted octanol–water partition coefficient (Wildman–Crippen LogP) is 3.68. The number of benzene rings is 1. The number of thiazole rings is 1. The smallest absolute Gasteiger partial charge is 0.187 e. The summed E-state index contributed by atoms with van der Waals surface area (Å²) in [7, 11) is 0. The molecule has 0 atom stereocenters. The van der Waals surface area contributed by atoms with Gasteiger partial charge in [0.1, 0.15) is 5.75 Å². The van der Waals surface area contributed by atoms with E-state index >= 15 is 0 Å². The van der Waals surface area contributed by atoms with Crippen LogP contribution in [0.3, 0.4) is 0 Å². The van der Waals surface area contributed by atoms with Crippen LogP contribution in [0.2, 0.25) is 0 Å². The molecule has 0 saturated heterocycles. The summed E-state index contributed by atoms with van der Waals surface area (Å²) in [4.78, 5) is 4.16. The molecule has 0 aliphatic carbocycles. The van der Waals surface area contributed by atoms with Crippen molar-refractivity contribution in [3.05, 3.63) is 35.8 Å². The second-order valence-corrected chi connectivity index (χ2v) is 4.23. The van der Waals surface area contributed by atoms with Gasteiger partial charge >= 0.3 is 0 Å². The zero-order chi connectivity index (χ0) is 11.2. The Morgan fingerprint density at radius 2 is 2.12 bits per heavy atom. The van der Waals surface area contributed by atoms with Gasteiger partial charge in [0.25, 0.3) is 0 Å². The number of anilines is 2. The van der Waals surface area contributed by atoms with Crippen molar-refractivity contribution in [1.29, 1.82) is 0 Å². The molecule has 0 saturated carbocycles. The van der Waals surface area contributed by atoms with Crippen molar-refractivity contribution in [2.75, 3.05) is 11.9 Å². The van der Waals surface area contributed by atoms with Crippen LogP contribution in [-0.2, 0) is 0 Å². The maximum atomic E-state index is 5.50. The molecule has 1 heterocycles. The molecule has 0 aliphatic heterocycles. The van der Waals surface area contributed by atoms with Gasteiger partial charge in [-0.1, -0.05) is 6.92 Å². The molecule has 1 aromatic heterocycles. The predicted molar refractivity (Wildman–Crippen MR) is 67.6 cm³/mol. The van der Waals surface area contributed by atoms with E-state index in [1.807, 2.05) is 29.6 Å². The standard InChI is InChI=1S/C12H14N2OS/c1-2-8-15-11-5-3-10(4-6-11)14-12-13-7-9-16-12/h3-7,9H,2,8H2,1H3,(H,13,14). The zero-order valence-corrected chi connectivity index (χ0v) is 9.96. The van der Waals surface area contributed by atoms with Gasteiger partial charge in [-0.2, -0.15) is 0 Å². The molecule has 16 heavy (non-hydrogen) atoms. The molecule has 0 unspecified atom stereocenters. The second kappa shape index (κ2) is 5.51. The zero-order valence-electron chi connectivity index (χ0n) is 9.14. The van der Waals surface area contributed by atoms with E-state index in [4.69, 9.17) is 4.74 Å². The topological polar surface area (TPSA) is 34.1 Å². The number of nitrogens with zero attached hydrogens (tertiary/aromatic N) is 1. The van der Waals surface area contributed by atoms with E-state index in [0.717, 1.165) is 29.6 Å². The number of hydrogen-bond acceptors (Lipinski definition) is 4. The normalized spacial score (nSPS) is 10.1. The minimum absolute atomic E-state index is 0.763. The third-order valence-electron chi connectivity index (χ3n) is 2.01. The van der Waals surface area contributed by atoms with Gasteiger partial charge in [0.05, 0.1) is 6.61 Å². The fraction of sp³-hybridized carbons (Fsp3) is 0.250. The van der Waals surface area contributed by atoms with Gasteiger partial charge in [0, 0.05) is 17.3 Å². The highest BCUT2D eigenvalue weighted by Crippen LogP contribution is 2.21. The molecule has 4 heteroatoms. The van der Waals surface area contributed by atoms with Gasteiger partial charge in [-0.3, -0.25) is 0 Å². The number of aromatic nitrogens is 1. The molecule has 1 aromatic carbocycles. The van der Waals surface area contributed by atoms with Gasteiger partial charge in [-0.05, 0) is 30.7 Å². The molecular weight excluding hydrogens is 220 g/mol. The summed E-state index contributed by atoms with van der Waals surface area (Å²) in [6.07, 6.45) is 2.81. The highest BCUT2D eigenvalue weighted by atomic mass is 32.1. The Kier molecular flexibility index (Phi) is 3.77. The van der Waals surface area contributed by atoms with E-state index in [9.17, 15) is 0 Å². The Hall–Kier alpha value is -1.55. The molecule has 3 nitrogen and oxygen atoms in total. The van der Waals surface area contributed by atoms with Crippen LogP contribution >= 0.6 is 11.3 Å². The average Bonchev–Trinajstić information content (AvgIpc) is 2.81. The summed E-state index contributed by atoms with van der Waals surface area (Å²) in [5.41, 5.74) is 1.03. The lowest BCUT2D eigenvalue weighted by Crippen LogP contribution is -1.95. The molecule has 0 radical (unpaired) electrons. The molecule has 1 N–H and O–H groups in total. The minimum atomic E-state index is 0.763. The van der Waals surface area contributed by atoms with Crippen LogP contribution in [0.4, 0.5) is 10.8 Å². The third kappa shape index (κ3) is 2.97. The van der Waals surface area contributed by atoms with E-state index in [1.165, 1.54) is 0 Å². The third-order valence-corrected chi connectivity index (χ3v) is 2.70. The van der Waals surface area contributed by atoms with Crippen molar-refractivity contribution < 1.29 is 4.74 Å². The number of nitrogens with one attached hydrogen (secondary N) is 1. The lowest BCUT2D eigenvalue weighted by Gasteiger charge is -2.06. The maximum Gasteiger partial charge on any atom is 0.187 e. The lowest BCUT2D eigenvalue weighted by molar-refractivity contribution is 0.317. The summed E-state index contributed by atoms with van der Waals surface area (Å²) in [6.45, 7) is 2.86. The van der Waals surface area contributed by atoms with Crippen LogP contribution in [0.5, 0.6) is 5.75 Å². The van der Waals surface area contributed by atoms with Crippen LogP contribution in [0.25, 0.3) is 0 Å². The van der Waals surface area contributed by atoms with Crippen LogP contribution < -0.4 is 10.1 Å². The molecule has 0 fully saturated rings. The lowest BCUT2D eigenvalue weighted by atomic mass is 10.3. The summed E-state index contributed by atoms with van der Waals surface area (Å²) in [6, 6.07) is 7.91. The summed E-state index contributed by atoms with van der Waals surface area (Å²) in [5.74, 6) is 0.909. The van der Waals surface area contributed by atoms with Crippen molar-refractivity contribution in [3.8, 4) is 5.75 Å². The Bertz CT molecular complexity index is 411. The van der Waals surface area contributed by atoms with Crippen LogP contribution in [-0.4, -0.2) is 11.6 Å². The maximum absolute atomic E-state index is 5.50. The highest BCUT2D eigenvalue weighted by Gasteiger charge is 1.97. The van der Waals surface area contributed by atoms with Gasteiger partial charge in [-0.15, -0.1) is 11.3 Å². The Morgan fingerprint density at radius 3 is 2.75 bits per heavy atom. The molecule has 0 bridgehead atoms. The van der Waals surface area contributed by atoms with Gasteiger partial charge in [-0.25, -0.2) is 4.98 Å². The SMILES string of the molecule is CCCOc1ccc(Nc2nccs2)cc1. The second-order valence-electron chi connectivity index (χ2n) is 3.34. The molecule has 0 spiro atoms. The molecule has 0 aliphatic rings. The van der Waals surface area contributed by atoms with E-state index in [2.05, 4.69) is 17.2 Å². The van der Waals surface area contributed by atoms with Gasteiger partial charge in [0.2, 0.25) is 0 Å². The summed E-state index contributed by atoms with van der Waals surface area (Å²) >= 11 is 1.58. The first kappa shape index (κ1) is 11.0. The number of hydrogen-bond donors (Lipinski definition) is 1. The van der Waals surface area contributed by atoms with Crippen molar-refractivity contribution in [1.82, 2.24) is 4.98 Å². The minimum Gasteiger partial charge on any atom is -0.494 e. The fourth-order valence-corrected chi connectivity index (χ4v) is 1.81. The van der Waals surface area contributed by atoms with Crippen molar-refractivity contribution in [2.45, 2.75) is 13.3 Å². The van der Waals surface area contributed by atoms with Gasteiger partial charge in [0.15, 0.2) is 5.13 Å². The van der Waals surface area contributed by atoms with Crippen molar-refractivity contribution in [3.63, 3.8) is 0 Å². The van der Waals surface area contributed by atoms with E-state index in [1.54, 1.807) is 17.5 Å². The van der Waals surface area contributed by atoms with Crippen molar-refractivity contribution in [2.24, 2.45) is 0 Å². The summed E-state index contributed by atoms with van der Waals surface area (Å²) in [5, 5.41) is 6.07. The highest BCUT2D eigenvalue weighted by molar-refractivity contribution is 7.13. The Labute approximate surface area is 99.1 Å². The van der Waals surface area contributed by atoms with E-state index in [-0.39, 0.29) is 0 Å². The quantitative estimate of drug-likeness (QED) is 0.857. The average molecular weight is 234 g/mol. The first-order valence-electron chi connectivity index (χ1n) is 5.28. The van der Waals surface area contributed by atoms with E-state index in [0.29, 0.717) is 0 Å². The van der Waals surface area contributed by atoms with Crippen LogP contribution in [0, 0.1) is 0 Å². The monoisotopic (exact) mass is 234 g/mol. The molecule has 84 valence electrons. The molecule has 2 rings (SSSR count). The largest absolute Gasteiger partial charge is 0.494 e. The molecule has 0 amide bonds. The van der Waals surface area contributed by atoms with Crippen molar-refractivity contribution >= 4 is 22.2 Å². The van der Waals surface area contributed by atoms with Gasteiger partial charge < -0.3 is 10.1 Å². The first-order valence-corrected chi connectivity index (χ1v) is 6.16. The molecular formula is C12H14N2OS. The first-order chi connectivity index (χ1) is 7.88. The van der Waals surface area contributed by atoms with Crippen LogP contribution in [0.15, 0.2) is 35.8 Å². The number of ether oxygens (including phenoxy) is 1. The summed E-state index contributed by atoms with van der Waals surface area (Å²) < 4.78 is 5.50. The van der Waals surface area contributed by atoms with Crippen LogP contribution in [0.1, 0.15) is 13.3 Å². The Morgan fingerprint density at radius 1 is 1.31 bits per heavy atom. The number of rotatable bonds is 5. The molecule has 2 aromatic rings. The van der Waals surface area contributed by atoms with E-state index < -0.39 is 0 Å². The fourth-order valence-electron chi connectivity index (χ4n) is 1.26. The Balaban J connectivity index is 1.96.